The molecule has 62 heavy (non-hydrogen) atoms. The summed E-state index contributed by atoms with van der Waals surface area (Å²) in [5, 5.41) is 64.4. The molecule has 6 N–H and O–H groups in total. The van der Waals surface area contributed by atoms with Gasteiger partial charge < -0.3 is 54.6 Å². The second-order valence-electron chi connectivity index (χ2n) is 16.3. The molecule has 15 nitrogen and oxygen atoms in total. The first-order chi connectivity index (χ1) is 29.3. The lowest BCUT2D eigenvalue weighted by Crippen LogP contribution is -2.46. The van der Waals surface area contributed by atoms with Crippen LogP contribution in [-0.2, 0) is 35.1 Å². The Kier molecular flexibility index (Phi) is 15.1. The Bertz CT molecular complexity index is 2270. The van der Waals surface area contributed by atoms with Gasteiger partial charge >= 0.3 is 11.8 Å². The van der Waals surface area contributed by atoms with Crippen molar-refractivity contribution in [1.29, 1.82) is 0 Å². The summed E-state index contributed by atoms with van der Waals surface area (Å²) in [4.78, 5) is 46.0. The zero-order chi connectivity index (χ0) is 45.6. The minimum Gasteiger partial charge on any atom is -0.507 e. The molecule has 9 atom stereocenters. The highest BCUT2D eigenvalue weighted by atomic mass is 16.7. The summed E-state index contributed by atoms with van der Waals surface area (Å²) >= 11 is 0. The van der Waals surface area contributed by atoms with Crippen molar-refractivity contribution in [3.8, 4) is 23.0 Å². The average Bonchev–Trinajstić information content (AvgIpc) is 3.51. The van der Waals surface area contributed by atoms with Gasteiger partial charge in [0.2, 0.25) is 0 Å². The van der Waals surface area contributed by atoms with E-state index in [0.29, 0.717) is 12.8 Å². The zero-order valence-electron chi connectivity index (χ0n) is 36.5. The number of aliphatic hydroxyl groups excluding tert-OH is 2. The fourth-order valence-corrected chi connectivity index (χ4v) is 8.00. The van der Waals surface area contributed by atoms with Gasteiger partial charge in [0.15, 0.2) is 5.75 Å². The number of amides is 1. The normalized spacial score (nSPS) is 27.2. The minimum atomic E-state index is -2.07. The number of methoxy groups -OCH3 is 1. The third-order valence-corrected chi connectivity index (χ3v) is 11.8. The standard InChI is InChI=1S/C47H58N2O13/c1-24-15-13-16-25(2)46(57)49-37-32(23-48-60-21-14-19-31-17-11-10-12-18-31)41(54)34-35(42(37)55)40(53)29(6)44-36(34)45(56)47(8,62-44)59-22-20-33(58-9)26(3)43(61-30(7)50)28(5)39(52)27(4)38(24)51/h10-13,15-18,20,22-24,26-28,33,38-39,43,51-55H,14,19,21H2,1-9H3,(H,49,57)/t24-,26+,27-,28-,33+,38-,39-,43+,47-/m0/s1. The van der Waals surface area contributed by atoms with E-state index in [1.165, 1.54) is 53.2 Å². The Morgan fingerprint density at radius 2 is 1.63 bits per heavy atom. The number of phenols is 3. The molecule has 15 heteroatoms. The lowest BCUT2D eigenvalue weighted by molar-refractivity contribution is -0.160. The molecule has 0 aromatic heterocycles. The van der Waals surface area contributed by atoms with E-state index in [0.717, 1.165) is 11.8 Å². The first kappa shape index (κ1) is 47.2. The number of hydrogen-bond donors (Lipinski definition) is 6. The summed E-state index contributed by atoms with van der Waals surface area (Å²) in [6, 6.07) is 9.77. The number of benzene rings is 3. The highest BCUT2D eigenvalue weighted by Gasteiger charge is 2.50. The number of aromatic hydroxyl groups is 3. The molecule has 0 radical (unpaired) electrons. The molecular formula is C47H58N2O13. The summed E-state index contributed by atoms with van der Waals surface area (Å²) in [7, 11) is 1.43. The largest absolute Gasteiger partial charge is 0.507 e. The van der Waals surface area contributed by atoms with Crippen molar-refractivity contribution in [2.75, 3.05) is 19.0 Å². The Balaban J connectivity index is 1.64. The molecule has 3 aliphatic rings. The first-order valence-electron chi connectivity index (χ1n) is 20.6. The molecule has 0 aliphatic carbocycles. The number of nitrogens with zero attached hydrogens (tertiary/aromatic N) is 1. The maximum absolute atomic E-state index is 14.4. The maximum Gasteiger partial charge on any atom is 0.312 e. The fraction of sp³-hybridized carbons (Fsp3) is 0.447. The number of esters is 1. The number of fused-ring (bicyclic) bond motifs is 14. The summed E-state index contributed by atoms with van der Waals surface area (Å²) in [5.41, 5.74) is 0.484. The fourth-order valence-electron chi connectivity index (χ4n) is 8.00. The zero-order valence-corrected chi connectivity index (χ0v) is 36.5. The number of Topliss-reactive ketones (excluding diaryl/α,β-unsaturated/α-hetero) is 1. The smallest absolute Gasteiger partial charge is 0.312 e. The van der Waals surface area contributed by atoms with E-state index in [1.54, 1.807) is 39.8 Å². The number of rotatable bonds is 8. The molecule has 0 saturated carbocycles. The van der Waals surface area contributed by atoms with Gasteiger partial charge in [-0.05, 0) is 38.3 Å². The van der Waals surface area contributed by atoms with Crippen LogP contribution in [0, 0.1) is 30.6 Å². The molecule has 6 rings (SSSR count). The van der Waals surface area contributed by atoms with Crippen LogP contribution >= 0.6 is 0 Å². The van der Waals surface area contributed by atoms with Gasteiger partial charge in [0, 0.05) is 61.2 Å². The van der Waals surface area contributed by atoms with Gasteiger partial charge in [0.05, 0.1) is 53.0 Å². The molecule has 3 heterocycles. The third kappa shape index (κ3) is 9.75. The van der Waals surface area contributed by atoms with E-state index in [2.05, 4.69) is 10.5 Å². The number of ketones is 1. The number of carbonyl (C=O) groups is 3. The van der Waals surface area contributed by atoms with Crippen LogP contribution in [0.5, 0.6) is 23.0 Å². The van der Waals surface area contributed by atoms with E-state index in [4.69, 9.17) is 23.8 Å². The van der Waals surface area contributed by atoms with E-state index < -0.39 is 88.8 Å². The second kappa shape index (κ2) is 19.9. The SMILES string of the molecule is CO[C@@H]1C=CO[C@@]2(C)Oc3c(C)c(O)c4c(O)c(c(C=NOCCCc5ccccc5)c(O)c4c3C2=O)NC(=O)C(C)=CC=C[C@H](C)[C@H](O)[C@H](C)[C@H](O)[C@H](C)[C@H](OC(C)=O)[C@@H]1C. The summed E-state index contributed by atoms with van der Waals surface area (Å²) in [6.07, 6.45) is 5.84. The molecule has 3 aromatic rings. The first-order valence-corrected chi connectivity index (χ1v) is 20.6. The van der Waals surface area contributed by atoms with Crippen molar-refractivity contribution < 1.29 is 63.7 Å². The predicted octanol–water partition coefficient (Wildman–Crippen LogP) is 6.74. The molecule has 0 unspecified atom stereocenters. The highest BCUT2D eigenvalue weighted by molar-refractivity contribution is 6.23. The average molecular weight is 859 g/mol. The van der Waals surface area contributed by atoms with Crippen LogP contribution in [-0.4, -0.2) is 93.3 Å². The van der Waals surface area contributed by atoms with Crippen molar-refractivity contribution in [3.05, 3.63) is 88.7 Å². The van der Waals surface area contributed by atoms with Gasteiger partial charge in [0.1, 0.15) is 30.0 Å². The van der Waals surface area contributed by atoms with Crippen LogP contribution < -0.4 is 10.1 Å². The highest BCUT2D eigenvalue weighted by Crippen LogP contribution is 2.55. The number of aliphatic hydroxyl groups is 2. The molecule has 1 amide bonds. The molecule has 3 aromatic carbocycles. The van der Waals surface area contributed by atoms with Crippen molar-refractivity contribution in [2.45, 2.75) is 98.4 Å². The molecule has 0 spiro atoms. The number of oxime groups is 1. The topological polar surface area (TPSA) is 223 Å². The van der Waals surface area contributed by atoms with Crippen LogP contribution in [0.3, 0.4) is 0 Å². The van der Waals surface area contributed by atoms with E-state index in [9.17, 15) is 39.9 Å². The Morgan fingerprint density at radius 3 is 2.29 bits per heavy atom. The molecular weight excluding hydrogens is 801 g/mol. The number of carbonyl (C=O) groups excluding carboxylic acids is 3. The number of anilines is 1. The lowest BCUT2D eigenvalue weighted by Gasteiger charge is -2.38. The number of ether oxygens (including phenoxy) is 4. The molecule has 5 bridgehead atoms. The van der Waals surface area contributed by atoms with Gasteiger partial charge in [-0.25, -0.2) is 0 Å². The van der Waals surface area contributed by atoms with Gasteiger partial charge in [0.25, 0.3) is 11.7 Å². The Hall–Kier alpha value is -5.90. The van der Waals surface area contributed by atoms with Crippen molar-refractivity contribution >= 4 is 40.3 Å². The summed E-state index contributed by atoms with van der Waals surface area (Å²) in [5.74, 6) is -8.67. The number of aryl methyl sites for hydroxylation is 1. The second-order valence-corrected chi connectivity index (χ2v) is 16.3. The summed E-state index contributed by atoms with van der Waals surface area (Å²) < 4.78 is 23.6. The molecule has 0 fully saturated rings. The van der Waals surface area contributed by atoms with Crippen molar-refractivity contribution in [1.82, 2.24) is 0 Å². The molecule has 334 valence electrons. The Labute approximate surface area is 361 Å². The number of phenolic OH excluding ortho intramolecular Hbond substituents is 3. The summed E-state index contributed by atoms with van der Waals surface area (Å²) in [6.45, 7) is 12.6. The Morgan fingerprint density at radius 1 is 0.935 bits per heavy atom. The maximum atomic E-state index is 14.4. The minimum absolute atomic E-state index is 0.0322. The van der Waals surface area contributed by atoms with Crippen molar-refractivity contribution in [3.63, 3.8) is 0 Å². The van der Waals surface area contributed by atoms with E-state index >= 15 is 0 Å². The van der Waals surface area contributed by atoms with Gasteiger partial charge in [-0.1, -0.05) is 81.4 Å². The van der Waals surface area contributed by atoms with Crippen LogP contribution in [0.15, 0.2) is 71.6 Å². The lowest BCUT2D eigenvalue weighted by atomic mass is 9.78. The monoisotopic (exact) mass is 858 g/mol. The quantitative estimate of drug-likeness (QED) is 0.0346. The number of allylic oxidation sites excluding steroid dienone is 2. The van der Waals surface area contributed by atoms with E-state index in [-0.39, 0.29) is 51.1 Å². The van der Waals surface area contributed by atoms with Gasteiger partial charge in [-0.15, -0.1) is 0 Å². The van der Waals surface area contributed by atoms with Crippen molar-refractivity contribution in [2.24, 2.45) is 28.8 Å². The van der Waals surface area contributed by atoms with Gasteiger partial charge in [-0.2, -0.15) is 0 Å². The van der Waals surface area contributed by atoms with Crippen LogP contribution in [0.25, 0.3) is 10.8 Å². The number of nitrogens with one attached hydrogen (secondary N) is 1. The number of hydrogen-bond acceptors (Lipinski definition) is 14. The van der Waals surface area contributed by atoms with Crippen LogP contribution in [0.2, 0.25) is 0 Å². The van der Waals surface area contributed by atoms with Crippen LogP contribution in [0.4, 0.5) is 5.69 Å². The van der Waals surface area contributed by atoms with Gasteiger partial charge in [-0.3, -0.25) is 14.4 Å². The molecule has 3 aliphatic heterocycles. The van der Waals surface area contributed by atoms with E-state index in [1.807, 2.05) is 30.3 Å². The third-order valence-electron chi connectivity index (χ3n) is 11.8. The van der Waals surface area contributed by atoms with Crippen LogP contribution in [0.1, 0.15) is 81.9 Å². The molecule has 0 saturated heterocycles. The predicted molar refractivity (Wildman–Crippen MR) is 232 cm³/mol.